The molecule has 17 heavy (non-hydrogen) atoms. The molecule has 1 spiro atoms. The monoisotopic (exact) mass is 242 g/mol. The second-order valence-corrected chi connectivity index (χ2v) is 5.46. The van der Waals surface area contributed by atoms with Gasteiger partial charge < -0.3 is 10.2 Å². The molecule has 2 rings (SSSR count). The van der Waals surface area contributed by atoms with Gasteiger partial charge in [-0.05, 0) is 26.7 Å². The maximum Gasteiger partial charge on any atom is 0.248 e. The first-order valence-electron chi connectivity index (χ1n) is 6.15. The highest BCUT2D eigenvalue weighted by Crippen LogP contribution is 2.39. The Labute approximate surface area is 101 Å². The predicted molar refractivity (Wildman–Crippen MR) is 61.1 cm³/mol. The van der Waals surface area contributed by atoms with Crippen molar-refractivity contribution in [1.82, 2.24) is 10.2 Å². The number of hydrogen-bond donors (Lipinski definition) is 1. The quantitative estimate of drug-likeness (QED) is 0.785. The highest BCUT2D eigenvalue weighted by atomic mass is 19.1. The maximum atomic E-state index is 12.6. The van der Waals surface area contributed by atoms with Crippen molar-refractivity contribution in [2.75, 3.05) is 13.2 Å². The van der Waals surface area contributed by atoms with Crippen LogP contribution in [0.2, 0.25) is 0 Å². The third-order valence-corrected chi connectivity index (χ3v) is 3.88. The van der Waals surface area contributed by atoms with Crippen LogP contribution in [0.1, 0.15) is 39.5 Å². The fraction of sp³-hybridized carbons (Fsp3) is 0.833. The molecule has 4 nitrogen and oxygen atoms in total. The Morgan fingerprint density at radius 1 is 1.29 bits per heavy atom. The van der Waals surface area contributed by atoms with Crippen LogP contribution in [0.4, 0.5) is 4.39 Å². The Morgan fingerprint density at radius 2 is 1.88 bits per heavy atom. The lowest BCUT2D eigenvalue weighted by atomic mass is 9.85. The molecule has 5 heteroatoms. The van der Waals surface area contributed by atoms with Crippen molar-refractivity contribution in [3.8, 4) is 0 Å². The van der Waals surface area contributed by atoms with E-state index in [9.17, 15) is 14.0 Å². The van der Waals surface area contributed by atoms with Gasteiger partial charge in [0, 0.05) is 0 Å². The van der Waals surface area contributed by atoms with E-state index in [1.165, 1.54) is 4.90 Å². The lowest BCUT2D eigenvalue weighted by molar-refractivity contribution is -0.161. The first-order chi connectivity index (χ1) is 7.94. The maximum absolute atomic E-state index is 12.6. The fourth-order valence-electron chi connectivity index (χ4n) is 2.96. The second-order valence-electron chi connectivity index (χ2n) is 5.46. The van der Waals surface area contributed by atoms with Crippen molar-refractivity contribution in [1.29, 1.82) is 0 Å². The van der Waals surface area contributed by atoms with Gasteiger partial charge in [-0.3, -0.25) is 9.59 Å². The molecule has 1 saturated heterocycles. The molecule has 0 radical (unpaired) electrons. The van der Waals surface area contributed by atoms with Crippen LogP contribution in [0.15, 0.2) is 0 Å². The van der Waals surface area contributed by atoms with E-state index in [0.717, 1.165) is 12.8 Å². The van der Waals surface area contributed by atoms with E-state index in [0.29, 0.717) is 12.8 Å². The molecule has 1 N–H and O–H groups in total. The van der Waals surface area contributed by atoms with Crippen molar-refractivity contribution in [2.45, 2.75) is 50.6 Å². The molecule has 96 valence electrons. The van der Waals surface area contributed by atoms with E-state index in [-0.39, 0.29) is 18.4 Å². The largest absolute Gasteiger partial charge is 0.340 e. The number of alkyl halides is 1. The van der Waals surface area contributed by atoms with Gasteiger partial charge in [0.1, 0.15) is 17.8 Å². The average Bonchev–Trinajstić information content (AvgIpc) is 2.72. The minimum Gasteiger partial charge on any atom is -0.340 e. The van der Waals surface area contributed by atoms with Gasteiger partial charge in [0.2, 0.25) is 11.8 Å². The molecule has 2 amide bonds. The second kappa shape index (κ2) is 3.96. The minimum absolute atomic E-state index is 0.0235. The zero-order chi connectivity index (χ0) is 12.7. The minimum atomic E-state index is -0.917. The van der Waals surface area contributed by atoms with Gasteiger partial charge in [-0.25, -0.2) is 4.39 Å². The number of carbonyl (C=O) groups excluding carboxylic acids is 2. The van der Waals surface area contributed by atoms with Crippen molar-refractivity contribution in [3.63, 3.8) is 0 Å². The van der Waals surface area contributed by atoms with E-state index in [1.54, 1.807) is 13.8 Å². The SMILES string of the molecule is CC1(C)NC(=O)C2(CCCC2)N(CCF)C1=O. The highest BCUT2D eigenvalue weighted by Gasteiger charge is 2.55. The summed E-state index contributed by atoms with van der Waals surface area (Å²) in [6, 6.07) is 0. The number of carbonyl (C=O) groups is 2. The van der Waals surface area contributed by atoms with Crippen molar-refractivity contribution >= 4 is 11.8 Å². The van der Waals surface area contributed by atoms with Gasteiger partial charge >= 0.3 is 0 Å². The summed E-state index contributed by atoms with van der Waals surface area (Å²) >= 11 is 0. The fourth-order valence-corrected chi connectivity index (χ4v) is 2.96. The smallest absolute Gasteiger partial charge is 0.248 e. The molecule has 2 fully saturated rings. The van der Waals surface area contributed by atoms with Crippen LogP contribution in [-0.4, -0.2) is 41.0 Å². The standard InChI is InChI=1S/C12H19FN2O2/c1-11(2)10(17)15(8-7-13)12(9(16)14-11)5-3-4-6-12/h3-8H2,1-2H3,(H,14,16). The Hall–Kier alpha value is -1.13. The van der Waals surface area contributed by atoms with Crippen LogP contribution >= 0.6 is 0 Å². The van der Waals surface area contributed by atoms with Gasteiger partial charge in [0.25, 0.3) is 0 Å². The Bertz CT molecular complexity index is 348. The van der Waals surface area contributed by atoms with E-state index < -0.39 is 17.8 Å². The molecule has 0 bridgehead atoms. The summed E-state index contributed by atoms with van der Waals surface area (Å²) in [6.45, 7) is 2.76. The molecule has 1 saturated carbocycles. The van der Waals surface area contributed by atoms with Crippen molar-refractivity contribution < 1.29 is 14.0 Å². The molecule has 1 aliphatic carbocycles. The van der Waals surface area contributed by atoms with E-state index in [1.807, 2.05) is 0 Å². The summed E-state index contributed by atoms with van der Waals surface area (Å²) in [7, 11) is 0. The summed E-state index contributed by atoms with van der Waals surface area (Å²) in [6.07, 6.45) is 3.15. The van der Waals surface area contributed by atoms with Gasteiger partial charge in [-0.1, -0.05) is 12.8 Å². The highest BCUT2D eigenvalue weighted by molar-refractivity contribution is 6.02. The molecule has 0 unspecified atom stereocenters. The van der Waals surface area contributed by atoms with Crippen LogP contribution < -0.4 is 5.32 Å². The van der Waals surface area contributed by atoms with Gasteiger partial charge in [0.05, 0.1) is 6.54 Å². The Balaban J connectivity index is 2.37. The first-order valence-corrected chi connectivity index (χ1v) is 6.15. The number of halogens is 1. The van der Waals surface area contributed by atoms with Crippen LogP contribution in [0.3, 0.4) is 0 Å². The number of rotatable bonds is 2. The molecule has 0 aromatic carbocycles. The van der Waals surface area contributed by atoms with Gasteiger partial charge in [-0.2, -0.15) is 0 Å². The number of nitrogens with one attached hydrogen (secondary N) is 1. The zero-order valence-electron chi connectivity index (χ0n) is 10.4. The molecule has 1 heterocycles. The molecule has 0 aromatic rings. The summed E-state index contributed by atoms with van der Waals surface area (Å²) in [5, 5.41) is 2.77. The van der Waals surface area contributed by atoms with E-state index in [4.69, 9.17) is 0 Å². The number of nitrogens with zero attached hydrogens (tertiary/aromatic N) is 1. The molecule has 0 atom stereocenters. The number of piperazine rings is 1. The normalized spacial score (nSPS) is 26.4. The molecule has 0 aromatic heterocycles. The van der Waals surface area contributed by atoms with Crippen molar-refractivity contribution in [3.05, 3.63) is 0 Å². The lowest BCUT2D eigenvalue weighted by Crippen LogP contribution is -2.73. The number of hydrogen-bond acceptors (Lipinski definition) is 2. The first kappa shape index (κ1) is 12.3. The summed E-state index contributed by atoms with van der Waals surface area (Å²) in [5.74, 6) is -0.287. The lowest BCUT2D eigenvalue weighted by Gasteiger charge is -2.49. The molecular formula is C12H19FN2O2. The third-order valence-electron chi connectivity index (χ3n) is 3.88. The Kier molecular flexibility index (Phi) is 2.87. The summed E-state index contributed by atoms with van der Waals surface area (Å²) in [5.41, 5.74) is -1.70. The Morgan fingerprint density at radius 3 is 2.41 bits per heavy atom. The zero-order valence-corrected chi connectivity index (χ0v) is 10.4. The topological polar surface area (TPSA) is 49.4 Å². The predicted octanol–water partition coefficient (Wildman–Crippen LogP) is 1.01. The van der Waals surface area contributed by atoms with Gasteiger partial charge in [-0.15, -0.1) is 0 Å². The summed E-state index contributed by atoms with van der Waals surface area (Å²) in [4.78, 5) is 26.0. The molecule has 1 aliphatic heterocycles. The van der Waals surface area contributed by atoms with E-state index in [2.05, 4.69) is 5.32 Å². The third kappa shape index (κ3) is 1.72. The van der Waals surface area contributed by atoms with Crippen LogP contribution in [-0.2, 0) is 9.59 Å². The van der Waals surface area contributed by atoms with Gasteiger partial charge in [0.15, 0.2) is 0 Å². The van der Waals surface area contributed by atoms with E-state index >= 15 is 0 Å². The van der Waals surface area contributed by atoms with Crippen LogP contribution in [0.25, 0.3) is 0 Å². The number of amides is 2. The molecule has 2 aliphatic rings. The average molecular weight is 242 g/mol. The summed E-state index contributed by atoms with van der Waals surface area (Å²) < 4.78 is 12.6. The van der Waals surface area contributed by atoms with Crippen LogP contribution in [0.5, 0.6) is 0 Å². The molecular weight excluding hydrogens is 223 g/mol. The van der Waals surface area contributed by atoms with Crippen LogP contribution in [0, 0.1) is 0 Å². The van der Waals surface area contributed by atoms with Crippen molar-refractivity contribution in [2.24, 2.45) is 0 Å².